The average Bonchev–Trinajstić information content (AvgIpc) is 2.42. The van der Waals surface area contributed by atoms with E-state index in [0.717, 1.165) is 21.3 Å². The van der Waals surface area contributed by atoms with Gasteiger partial charge in [-0.2, -0.15) is 0 Å². The predicted molar refractivity (Wildman–Crippen MR) is 85.8 cm³/mol. The van der Waals surface area contributed by atoms with E-state index in [4.69, 9.17) is 10.6 Å². The minimum atomic E-state index is -0.0991. The maximum absolute atomic E-state index is 5.80. The molecule has 3 nitrogen and oxygen atoms in total. The van der Waals surface area contributed by atoms with Gasteiger partial charge in [-0.1, -0.05) is 39.7 Å². The van der Waals surface area contributed by atoms with Crippen LogP contribution in [0.4, 0.5) is 0 Å². The summed E-state index contributed by atoms with van der Waals surface area (Å²) in [4.78, 5) is 0. The molecule has 2 rings (SSSR count). The lowest BCUT2D eigenvalue weighted by Gasteiger charge is -2.22. The van der Waals surface area contributed by atoms with Crippen LogP contribution in [0, 0.1) is 13.8 Å². The molecular formula is C16H19BrN2O. The molecule has 0 bridgehead atoms. The van der Waals surface area contributed by atoms with E-state index in [1.54, 1.807) is 7.11 Å². The molecule has 0 saturated heterocycles. The minimum Gasteiger partial charge on any atom is -0.496 e. The lowest BCUT2D eigenvalue weighted by atomic mass is 9.94. The van der Waals surface area contributed by atoms with Crippen LogP contribution in [0.25, 0.3) is 0 Å². The first-order valence-corrected chi connectivity index (χ1v) is 7.23. The van der Waals surface area contributed by atoms with Crippen LogP contribution in [-0.2, 0) is 0 Å². The molecule has 0 aliphatic rings. The van der Waals surface area contributed by atoms with Crippen molar-refractivity contribution < 1.29 is 4.74 Å². The predicted octanol–water partition coefficient (Wildman–Crippen LogP) is 3.63. The second-order valence-electron chi connectivity index (χ2n) is 4.85. The molecule has 0 aliphatic heterocycles. The first-order valence-electron chi connectivity index (χ1n) is 6.43. The van der Waals surface area contributed by atoms with Crippen molar-refractivity contribution >= 4 is 15.9 Å². The highest BCUT2D eigenvalue weighted by Gasteiger charge is 2.19. The first-order chi connectivity index (χ1) is 9.56. The zero-order valence-electron chi connectivity index (χ0n) is 11.9. The molecule has 0 spiro atoms. The zero-order chi connectivity index (χ0) is 14.7. The Balaban J connectivity index is 2.54. The van der Waals surface area contributed by atoms with Crippen LogP contribution in [-0.4, -0.2) is 7.11 Å². The highest BCUT2D eigenvalue weighted by molar-refractivity contribution is 9.10. The van der Waals surface area contributed by atoms with Gasteiger partial charge in [0, 0.05) is 10.0 Å². The second-order valence-corrected chi connectivity index (χ2v) is 5.76. The maximum Gasteiger partial charge on any atom is 0.124 e. The lowest BCUT2D eigenvalue weighted by Crippen LogP contribution is -2.29. The van der Waals surface area contributed by atoms with E-state index >= 15 is 0 Å². The van der Waals surface area contributed by atoms with Crippen LogP contribution in [0.1, 0.15) is 28.3 Å². The number of nitrogens with one attached hydrogen (secondary N) is 1. The standard InChI is InChI=1S/C16H19BrN2O/c1-10-4-7-15(20-3)14(8-10)16(19-18)13-6-5-12(17)9-11(13)2/h4-9,16,19H,18H2,1-3H3. The van der Waals surface area contributed by atoms with Crippen molar-refractivity contribution in [2.24, 2.45) is 5.84 Å². The van der Waals surface area contributed by atoms with Gasteiger partial charge in [-0.25, -0.2) is 5.43 Å². The maximum atomic E-state index is 5.80. The smallest absolute Gasteiger partial charge is 0.124 e. The zero-order valence-corrected chi connectivity index (χ0v) is 13.5. The van der Waals surface area contributed by atoms with E-state index in [1.165, 1.54) is 11.1 Å². The van der Waals surface area contributed by atoms with Crippen molar-refractivity contribution in [3.05, 3.63) is 63.1 Å². The van der Waals surface area contributed by atoms with E-state index < -0.39 is 0 Å². The number of hydrogen-bond donors (Lipinski definition) is 2. The van der Waals surface area contributed by atoms with Crippen molar-refractivity contribution in [3.8, 4) is 5.75 Å². The Morgan fingerprint density at radius 3 is 2.45 bits per heavy atom. The molecule has 3 N–H and O–H groups in total. The highest BCUT2D eigenvalue weighted by Crippen LogP contribution is 2.32. The van der Waals surface area contributed by atoms with Crippen molar-refractivity contribution in [3.63, 3.8) is 0 Å². The molecule has 0 amide bonds. The first kappa shape index (κ1) is 15.0. The van der Waals surface area contributed by atoms with Crippen LogP contribution in [0.2, 0.25) is 0 Å². The van der Waals surface area contributed by atoms with Gasteiger partial charge in [0.1, 0.15) is 5.75 Å². The van der Waals surface area contributed by atoms with Crippen molar-refractivity contribution in [2.75, 3.05) is 7.11 Å². The summed E-state index contributed by atoms with van der Waals surface area (Å²) < 4.78 is 6.52. The summed E-state index contributed by atoms with van der Waals surface area (Å²) in [5, 5.41) is 0. The molecule has 1 unspecified atom stereocenters. The van der Waals surface area contributed by atoms with Gasteiger partial charge in [0.2, 0.25) is 0 Å². The Labute approximate surface area is 128 Å². The van der Waals surface area contributed by atoms with Gasteiger partial charge in [0.05, 0.1) is 13.2 Å². The number of halogens is 1. The summed E-state index contributed by atoms with van der Waals surface area (Å²) in [5.74, 6) is 6.63. The summed E-state index contributed by atoms with van der Waals surface area (Å²) in [7, 11) is 1.68. The normalized spacial score (nSPS) is 12.2. The molecule has 1 atom stereocenters. The summed E-state index contributed by atoms with van der Waals surface area (Å²) in [5.41, 5.74) is 7.43. The summed E-state index contributed by atoms with van der Waals surface area (Å²) in [6, 6.07) is 12.2. The fourth-order valence-electron chi connectivity index (χ4n) is 2.39. The van der Waals surface area contributed by atoms with Gasteiger partial charge >= 0.3 is 0 Å². The molecule has 20 heavy (non-hydrogen) atoms. The number of methoxy groups -OCH3 is 1. The lowest BCUT2D eigenvalue weighted by molar-refractivity contribution is 0.404. The number of hydrazine groups is 1. The summed E-state index contributed by atoms with van der Waals surface area (Å²) >= 11 is 3.49. The number of benzene rings is 2. The second kappa shape index (κ2) is 6.39. The highest BCUT2D eigenvalue weighted by atomic mass is 79.9. The third kappa shape index (κ3) is 3.03. The van der Waals surface area contributed by atoms with Gasteiger partial charge in [-0.3, -0.25) is 5.84 Å². The number of aryl methyl sites for hydroxylation is 2. The van der Waals surface area contributed by atoms with Gasteiger partial charge in [-0.15, -0.1) is 0 Å². The molecule has 0 fully saturated rings. The number of hydrogen-bond acceptors (Lipinski definition) is 3. The third-order valence-corrected chi connectivity index (χ3v) is 3.90. The minimum absolute atomic E-state index is 0.0991. The van der Waals surface area contributed by atoms with Crippen LogP contribution in [0.5, 0.6) is 5.75 Å². The van der Waals surface area contributed by atoms with Crippen molar-refractivity contribution in [1.29, 1.82) is 0 Å². The Hall–Kier alpha value is -1.36. The monoisotopic (exact) mass is 334 g/mol. The number of rotatable bonds is 4. The molecule has 4 heteroatoms. The molecule has 2 aromatic rings. The molecule has 0 aromatic heterocycles. The average molecular weight is 335 g/mol. The molecule has 0 saturated carbocycles. The van der Waals surface area contributed by atoms with E-state index in [0.29, 0.717) is 0 Å². The quantitative estimate of drug-likeness (QED) is 0.663. The topological polar surface area (TPSA) is 47.3 Å². The summed E-state index contributed by atoms with van der Waals surface area (Å²) in [6.45, 7) is 4.14. The molecule has 2 aromatic carbocycles. The van der Waals surface area contributed by atoms with Crippen molar-refractivity contribution in [1.82, 2.24) is 5.43 Å². The Kier molecular flexibility index (Phi) is 4.81. The SMILES string of the molecule is COc1ccc(C)cc1C(NN)c1ccc(Br)cc1C. The molecule has 0 radical (unpaired) electrons. The van der Waals surface area contributed by atoms with Crippen LogP contribution in [0.3, 0.4) is 0 Å². The number of ether oxygens (including phenoxy) is 1. The largest absolute Gasteiger partial charge is 0.496 e. The van der Waals surface area contributed by atoms with E-state index in [1.807, 2.05) is 18.2 Å². The van der Waals surface area contributed by atoms with Gasteiger partial charge < -0.3 is 4.74 Å². The third-order valence-electron chi connectivity index (χ3n) is 3.41. The Morgan fingerprint density at radius 1 is 1.10 bits per heavy atom. The van der Waals surface area contributed by atoms with Crippen LogP contribution >= 0.6 is 15.9 Å². The van der Waals surface area contributed by atoms with Gasteiger partial charge in [0.15, 0.2) is 0 Å². The molecule has 0 aliphatic carbocycles. The van der Waals surface area contributed by atoms with E-state index in [2.05, 4.69) is 53.4 Å². The summed E-state index contributed by atoms with van der Waals surface area (Å²) in [6.07, 6.45) is 0. The molecule has 0 heterocycles. The Morgan fingerprint density at radius 2 is 1.85 bits per heavy atom. The van der Waals surface area contributed by atoms with Gasteiger partial charge in [-0.05, 0) is 43.2 Å². The van der Waals surface area contributed by atoms with Crippen LogP contribution < -0.4 is 16.0 Å². The van der Waals surface area contributed by atoms with Crippen LogP contribution in [0.15, 0.2) is 40.9 Å². The van der Waals surface area contributed by atoms with E-state index in [9.17, 15) is 0 Å². The molecule has 106 valence electrons. The fourth-order valence-corrected chi connectivity index (χ4v) is 2.87. The number of nitrogens with two attached hydrogens (primary N) is 1. The van der Waals surface area contributed by atoms with Gasteiger partial charge in [0.25, 0.3) is 0 Å². The molecular weight excluding hydrogens is 316 g/mol. The van der Waals surface area contributed by atoms with Crippen molar-refractivity contribution in [2.45, 2.75) is 19.9 Å². The fraction of sp³-hybridized carbons (Fsp3) is 0.250. The van der Waals surface area contributed by atoms with E-state index in [-0.39, 0.29) is 6.04 Å². The Bertz CT molecular complexity index is 613.